The van der Waals surface area contributed by atoms with E-state index >= 15 is 0 Å². The minimum atomic E-state index is -4.40. The Balaban J connectivity index is 2.54. The zero-order valence-electron chi connectivity index (χ0n) is 9.45. The summed E-state index contributed by atoms with van der Waals surface area (Å²) in [7, 11) is 0. The summed E-state index contributed by atoms with van der Waals surface area (Å²) >= 11 is 0.890. The van der Waals surface area contributed by atoms with Crippen molar-refractivity contribution >= 4 is 17.5 Å². The van der Waals surface area contributed by atoms with Gasteiger partial charge in [0.2, 0.25) is 0 Å². The van der Waals surface area contributed by atoms with Gasteiger partial charge in [-0.15, -0.1) is 0 Å². The van der Waals surface area contributed by atoms with Gasteiger partial charge >= 0.3 is 6.18 Å². The largest absolute Gasteiger partial charge is 0.417 e. The predicted molar refractivity (Wildman–Crippen MR) is 64.5 cm³/mol. The molecule has 0 saturated carbocycles. The minimum absolute atomic E-state index is 0.0506. The predicted octanol–water partition coefficient (Wildman–Crippen LogP) is 3.66. The maximum absolute atomic E-state index is 12.9. The van der Waals surface area contributed by atoms with E-state index < -0.39 is 11.7 Å². The summed E-state index contributed by atoms with van der Waals surface area (Å²) in [5.74, 6) is 0.388. The Hall–Kier alpha value is -1.63. The van der Waals surface area contributed by atoms with Crippen LogP contribution in [-0.4, -0.2) is 15.3 Å². The average molecular weight is 273 g/mol. The monoisotopic (exact) mass is 273 g/mol. The molecular weight excluding hydrogens is 263 g/mol. The Morgan fingerprint density at radius 2 is 1.94 bits per heavy atom. The van der Waals surface area contributed by atoms with Crippen LogP contribution in [0, 0.1) is 0 Å². The molecule has 0 atom stereocenters. The van der Waals surface area contributed by atoms with Crippen molar-refractivity contribution in [2.75, 3.05) is 11.9 Å². The van der Waals surface area contributed by atoms with E-state index in [2.05, 4.69) is 14.1 Å². The smallest absolute Gasteiger partial charge is 0.368 e. The SMILES string of the molecule is CCNc1nsnc1-c1ccccc1C(F)(F)F. The van der Waals surface area contributed by atoms with Gasteiger partial charge in [0.25, 0.3) is 0 Å². The lowest BCUT2D eigenvalue weighted by atomic mass is 10.0. The number of rotatable bonds is 3. The van der Waals surface area contributed by atoms with E-state index in [-0.39, 0.29) is 11.3 Å². The van der Waals surface area contributed by atoms with Gasteiger partial charge < -0.3 is 5.32 Å². The van der Waals surface area contributed by atoms with E-state index in [1.807, 2.05) is 6.92 Å². The summed E-state index contributed by atoms with van der Waals surface area (Å²) in [5, 5.41) is 2.90. The van der Waals surface area contributed by atoms with Gasteiger partial charge in [-0.05, 0) is 13.0 Å². The number of aromatic nitrogens is 2. The van der Waals surface area contributed by atoms with Gasteiger partial charge in [-0.2, -0.15) is 21.9 Å². The molecule has 1 N–H and O–H groups in total. The summed E-state index contributed by atoms with van der Waals surface area (Å²) < 4.78 is 46.6. The van der Waals surface area contributed by atoms with Crippen LogP contribution in [0.2, 0.25) is 0 Å². The third-order valence-electron chi connectivity index (χ3n) is 2.32. The highest BCUT2D eigenvalue weighted by molar-refractivity contribution is 6.99. The fraction of sp³-hybridized carbons (Fsp3) is 0.273. The number of benzene rings is 1. The Morgan fingerprint density at radius 3 is 2.61 bits per heavy atom. The van der Waals surface area contributed by atoms with Gasteiger partial charge in [-0.1, -0.05) is 18.2 Å². The van der Waals surface area contributed by atoms with Crippen LogP contribution >= 0.6 is 11.7 Å². The van der Waals surface area contributed by atoms with Crippen molar-refractivity contribution < 1.29 is 13.2 Å². The van der Waals surface area contributed by atoms with Crippen LogP contribution in [-0.2, 0) is 6.18 Å². The molecule has 2 aromatic rings. The van der Waals surface area contributed by atoms with Gasteiger partial charge in [0.05, 0.1) is 17.3 Å². The lowest BCUT2D eigenvalue weighted by molar-refractivity contribution is -0.137. The van der Waals surface area contributed by atoms with Gasteiger partial charge in [-0.3, -0.25) is 0 Å². The van der Waals surface area contributed by atoms with E-state index in [1.165, 1.54) is 12.1 Å². The molecule has 1 heterocycles. The van der Waals surface area contributed by atoms with Crippen LogP contribution in [0.1, 0.15) is 12.5 Å². The standard InChI is InChI=1S/C11H10F3N3S/c1-2-15-10-9(16-18-17-10)7-5-3-4-6-8(7)11(12,13)14/h3-6H,2H2,1H3,(H,15,17). The molecule has 3 nitrogen and oxygen atoms in total. The normalized spacial score (nSPS) is 11.6. The first-order valence-corrected chi connectivity index (χ1v) is 6.00. The van der Waals surface area contributed by atoms with Gasteiger partial charge in [0, 0.05) is 12.1 Å². The maximum atomic E-state index is 12.9. The van der Waals surface area contributed by atoms with Crippen molar-refractivity contribution in [2.24, 2.45) is 0 Å². The molecule has 2 rings (SSSR count). The molecule has 1 aromatic carbocycles. The Morgan fingerprint density at radius 1 is 1.22 bits per heavy atom. The number of halogens is 3. The molecule has 0 aliphatic rings. The first-order valence-electron chi connectivity index (χ1n) is 5.27. The summed E-state index contributed by atoms with van der Waals surface area (Å²) in [6.07, 6.45) is -4.40. The molecular formula is C11H10F3N3S. The quantitative estimate of drug-likeness (QED) is 0.927. The Labute approximate surface area is 106 Å². The average Bonchev–Trinajstić information content (AvgIpc) is 2.77. The van der Waals surface area contributed by atoms with Crippen molar-refractivity contribution in [1.29, 1.82) is 0 Å². The first-order chi connectivity index (χ1) is 8.54. The zero-order valence-corrected chi connectivity index (χ0v) is 10.3. The highest BCUT2D eigenvalue weighted by Gasteiger charge is 2.34. The molecule has 0 aliphatic carbocycles. The lowest BCUT2D eigenvalue weighted by Gasteiger charge is -2.11. The van der Waals surface area contributed by atoms with Crippen molar-refractivity contribution in [3.63, 3.8) is 0 Å². The van der Waals surface area contributed by atoms with Crippen LogP contribution in [0.4, 0.5) is 19.0 Å². The van der Waals surface area contributed by atoms with Crippen molar-refractivity contribution in [1.82, 2.24) is 8.75 Å². The molecule has 0 unspecified atom stereocenters. The highest BCUT2D eigenvalue weighted by atomic mass is 32.1. The number of hydrogen-bond acceptors (Lipinski definition) is 4. The van der Waals surface area contributed by atoms with Crippen molar-refractivity contribution in [3.8, 4) is 11.3 Å². The van der Waals surface area contributed by atoms with Crippen LogP contribution in [0.5, 0.6) is 0 Å². The zero-order chi connectivity index (χ0) is 13.2. The summed E-state index contributed by atoms with van der Waals surface area (Å²) in [4.78, 5) is 0. The maximum Gasteiger partial charge on any atom is 0.417 e. The number of nitrogens with one attached hydrogen (secondary N) is 1. The van der Waals surface area contributed by atoms with Gasteiger partial charge in [0.1, 0.15) is 5.69 Å². The molecule has 18 heavy (non-hydrogen) atoms. The second-order valence-corrected chi connectivity index (χ2v) is 4.06. The van der Waals surface area contributed by atoms with Gasteiger partial charge in [-0.25, -0.2) is 0 Å². The molecule has 96 valence electrons. The summed E-state index contributed by atoms with van der Waals surface area (Å²) in [6.45, 7) is 2.42. The van der Waals surface area contributed by atoms with Crippen LogP contribution in [0.25, 0.3) is 11.3 Å². The van der Waals surface area contributed by atoms with E-state index in [1.54, 1.807) is 6.07 Å². The molecule has 0 bridgehead atoms. The molecule has 7 heteroatoms. The third kappa shape index (κ3) is 2.45. The number of nitrogens with zero attached hydrogens (tertiary/aromatic N) is 2. The fourth-order valence-corrected chi connectivity index (χ4v) is 2.13. The lowest BCUT2D eigenvalue weighted by Crippen LogP contribution is -2.08. The van der Waals surface area contributed by atoms with Crippen LogP contribution in [0.15, 0.2) is 24.3 Å². The molecule has 0 radical (unpaired) electrons. The van der Waals surface area contributed by atoms with E-state index in [9.17, 15) is 13.2 Å². The molecule has 0 amide bonds. The molecule has 0 aliphatic heterocycles. The topological polar surface area (TPSA) is 37.8 Å². The van der Waals surface area contributed by atoms with Gasteiger partial charge in [0.15, 0.2) is 5.82 Å². The second-order valence-electron chi connectivity index (χ2n) is 3.54. The first kappa shape index (κ1) is 12.8. The number of alkyl halides is 3. The van der Waals surface area contributed by atoms with E-state index in [0.29, 0.717) is 12.4 Å². The summed E-state index contributed by atoms with van der Waals surface area (Å²) in [6, 6.07) is 5.36. The molecule has 0 spiro atoms. The number of anilines is 1. The van der Waals surface area contributed by atoms with Crippen LogP contribution in [0.3, 0.4) is 0 Å². The molecule has 0 fully saturated rings. The van der Waals surface area contributed by atoms with E-state index in [0.717, 1.165) is 17.8 Å². The van der Waals surface area contributed by atoms with Crippen molar-refractivity contribution in [3.05, 3.63) is 29.8 Å². The fourth-order valence-electron chi connectivity index (χ4n) is 1.59. The molecule has 1 aromatic heterocycles. The Kier molecular flexibility index (Phi) is 3.51. The number of hydrogen-bond donors (Lipinski definition) is 1. The Bertz CT molecular complexity index is 536. The van der Waals surface area contributed by atoms with Crippen LogP contribution < -0.4 is 5.32 Å². The van der Waals surface area contributed by atoms with E-state index in [4.69, 9.17) is 0 Å². The third-order valence-corrected chi connectivity index (χ3v) is 2.85. The minimum Gasteiger partial charge on any atom is -0.368 e. The second kappa shape index (κ2) is 4.93. The van der Waals surface area contributed by atoms with Crippen molar-refractivity contribution in [2.45, 2.75) is 13.1 Å². The highest BCUT2D eigenvalue weighted by Crippen LogP contribution is 2.38. The summed E-state index contributed by atoms with van der Waals surface area (Å²) in [5.41, 5.74) is -0.402. The molecule has 0 saturated heterocycles.